The van der Waals surface area contributed by atoms with Crippen molar-refractivity contribution >= 4 is 5.95 Å². The van der Waals surface area contributed by atoms with E-state index < -0.39 is 6.61 Å². The zero-order valence-electron chi connectivity index (χ0n) is 12.4. The fourth-order valence-electron chi connectivity index (χ4n) is 2.81. The van der Waals surface area contributed by atoms with Gasteiger partial charge in [0, 0.05) is 24.4 Å². The van der Waals surface area contributed by atoms with Crippen molar-refractivity contribution in [1.82, 2.24) is 19.9 Å². The van der Waals surface area contributed by atoms with Crippen LogP contribution in [0.4, 0.5) is 14.7 Å². The van der Waals surface area contributed by atoms with Crippen LogP contribution in [0.1, 0.15) is 37.4 Å². The van der Waals surface area contributed by atoms with Crippen molar-refractivity contribution in [2.45, 2.75) is 44.3 Å². The maximum Gasteiger partial charge on any atom is 0.387 e. The quantitative estimate of drug-likeness (QED) is 0.912. The maximum atomic E-state index is 12.1. The zero-order chi connectivity index (χ0) is 16.1. The molecule has 0 spiro atoms. The van der Waals surface area contributed by atoms with E-state index in [0.29, 0.717) is 11.9 Å². The Morgan fingerprint density at radius 3 is 2.52 bits per heavy atom. The van der Waals surface area contributed by atoms with E-state index in [0.717, 1.165) is 31.5 Å². The molecule has 0 aromatic carbocycles. The Morgan fingerprint density at radius 2 is 1.83 bits per heavy atom. The first-order valence-electron chi connectivity index (χ1n) is 7.51. The summed E-state index contributed by atoms with van der Waals surface area (Å²) in [4.78, 5) is 16.7. The van der Waals surface area contributed by atoms with Crippen LogP contribution in [0.3, 0.4) is 0 Å². The molecule has 0 bridgehead atoms. The second-order valence-corrected chi connectivity index (χ2v) is 5.43. The molecule has 0 saturated heterocycles. The van der Waals surface area contributed by atoms with E-state index in [1.807, 2.05) is 0 Å². The van der Waals surface area contributed by atoms with Crippen LogP contribution in [0.5, 0.6) is 5.75 Å². The molecule has 6 nitrogen and oxygen atoms in total. The Morgan fingerprint density at radius 1 is 1.09 bits per heavy atom. The van der Waals surface area contributed by atoms with Crippen LogP contribution in [0.2, 0.25) is 0 Å². The van der Waals surface area contributed by atoms with Gasteiger partial charge < -0.3 is 10.1 Å². The number of anilines is 1. The minimum Gasteiger partial charge on any atom is -0.432 e. The minimum absolute atomic E-state index is 0.0512. The van der Waals surface area contributed by atoms with Gasteiger partial charge in [-0.05, 0) is 25.3 Å². The molecule has 122 valence electrons. The molecule has 1 fully saturated rings. The van der Waals surface area contributed by atoms with Crippen molar-refractivity contribution in [3.63, 3.8) is 0 Å². The molecule has 1 N–H and O–H groups in total. The normalized spacial score (nSPS) is 21.2. The number of hydrogen-bond donors (Lipinski definition) is 1. The Hall–Kier alpha value is -2.38. The molecule has 1 aliphatic carbocycles. The highest BCUT2D eigenvalue weighted by Gasteiger charge is 2.25. The zero-order valence-corrected chi connectivity index (χ0v) is 12.4. The summed E-state index contributed by atoms with van der Waals surface area (Å²) < 4.78 is 28.4. The summed E-state index contributed by atoms with van der Waals surface area (Å²) in [5.74, 6) is 1.53. The van der Waals surface area contributed by atoms with E-state index >= 15 is 0 Å². The lowest BCUT2D eigenvalue weighted by Crippen LogP contribution is -2.28. The van der Waals surface area contributed by atoms with Crippen molar-refractivity contribution in [2.75, 3.05) is 5.32 Å². The Kier molecular flexibility index (Phi) is 4.89. The molecule has 2 heterocycles. The average Bonchev–Trinajstić information content (AvgIpc) is 2.57. The third-order valence-electron chi connectivity index (χ3n) is 3.81. The summed E-state index contributed by atoms with van der Waals surface area (Å²) >= 11 is 0. The first kappa shape index (κ1) is 15.5. The van der Waals surface area contributed by atoms with Gasteiger partial charge in [-0.3, -0.25) is 0 Å². The lowest BCUT2D eigenvalue weighted by atomic mass is 9.85. The van der Waals surface area contributed by atoms with Crippen LogP contribution in [0.15, 0.2) is 30.9 Å². The van der Waals surface area contributed by atoms with Crippen molar-refractivity contribution in [3.05, 3.63) is 36.7 Å². The van der Waals surface area contributed by atoms with Crippen molar-refractivity contribution < 1.29 is 13.5 Å². The third kappa shape index (κ3) is 4.30. The standard InChI is InChI=1S/C15H17F2N5O/c16-14(17)23-12-8-20-15(21-9-12)22-11-4-1-3-10(7-11)13-18-5-2-6-19-13/h2,5-6,8-11,14H,1,3-4,7H2,(H,20,21,22)/t10-,11-/m0/s1. The smallest absolute Gasteiger partial charge is 0.387 e. The van der Waals surface area contributed by atoms with Crippen LogP contribution >= 0.6 is 0 Å². The van der Waals surface area contributed by atoms with Crippen LogP contribution < -0.4 is 10.1 Å². The first-order valence-corrected chi connectivity index (χ1v) is 7.51. The predicted octanol–water partition coefficient (Wildman–Crippen LogP) is 3.01. The minimum atomic E-state index is -2.87. The Bertz CT molecular complexity index is 611. The highest BCUT2D eigenvalue weighted by molar-refractivity contribution is 5.29. The summed E-state index contributed by atoms with van der Waals surface area (Å²) in [7, 11) is 0. The largest absolute Gasteiger partial charge is 0.432 e. The van der Waals surface area contributed by atoms with Gasteiger partial charge in [-0.15, -0.1) is 0 Å². The van der Waals surface area contributed by atoms with Gasteiger partial charge >= 0.3 is 6.61 Å². The van der Waals surface area contributed by atoms with E-state index in [4.69, 9.17) is 0 Å². The molecule has 2 atom stereocenters. The van der Waals surface area contributed by atoms with Gasteiger partial charge in [-0.25, -0.2) is 19.9 Å². The highest BCUT2D eigenvalue weighted by atomic mass is 19.3. The fraction of sp³-hybridized carbons (Fsp3) is 0.467. The van der Waals surface area contributed by atoms with Crippen molar-refractivity contribution in [1.29, 1.82) is 0 Å². The molecular formula is C15H17F2N5O. The number of rotatable bonds is 5. The molecule has 0 amide bonds. The summed E-state index contributed by atoms with van der Waals surface area (Å²) in [6.07, 6.45) is 10.0. The fourth-order valence-corrected chi connectivity index (χ4v) is 2.81. The molecular weight excluding hydrogens is 304 g/mol. The van der Waals surface area contributed by atoms with Crippen molar-refractivity contribution in [3.8, 4) is 5.75 Å². The van der Waals surface area contributed by atoms with Gasteiger partial charge in [0.25, 0.3) is 0 Å². The van der Waals surface area contributed by atoms with E-state index in [1.165, 1.54) is 12.4 Å². The van der Waals surface area contributed by atoms with Gasteiger partial charge in [0.05, 0.1) is 12.4 Å². The van der Waals surface area contributed by atoms with Crippen LogP contribution in [-0.4, -0.2) is 32.6 Å². The van der Waals surface area contributed by atoms with E-state index in [2.05, 4.69) is 30.0 Å². The molecule has 3 rings (SSSR count). The maximum absolute atomic E-state index is 12.1. The molecule has 1 aliphatic rings. The first-order chi connectivity index (χ1) is 11.2. The third-order valence-corrected chi connectivity index (χ3v) is 3.81. The van der Waals surface area contributed by atoms with Crippen LogP contribution in [0.25, 0.3) is 0 Å². The second-order valence-electron chi connectivity index (χ2n) is 5.43. The number of ether oxygens (including phenoxy) is 1. The van der Waals surface area contributed by atoms with Gasteiger partial charge in [0.15, 0.2) is 5.75 Å². The summed E-state index contributed by atoms with van der Waals surface area (Å²) in [6, 6.07) is 2.01. The number of nitrogens with one attached hydrogen (secondary N) is 1. The van der Waals surface area contributed by atoms with Gasteiger partial charge in [-0.2, -0.15) is 8.78 Å². The lowest BCUT2D eigenvalue weighted by Gasteiger charge is -2.28. The number of hydrogen-bond acceptors (Lipinski definition) is 6. The van der Waals surface area contributed by atoms with E-state index in [1.54, 1.807) is 18.5 Å². The molecule has 8 heteroatoms. The Balaban J connectivity index is 1.59. The summed E-state index contributed by atoms with van der Waals surface area (Å²) in [5, 5.41) is 3.24. The summed E-state index contributed by atoms with van der Waals surface area (Å²) in [6.45, 7) is -2.87. The summed E-state index contributed by atoms with van der Waals surface area (Å²) in [5.41, 5.74) is 0. The SMILES string of the molecule is FC(F)Oc1cnc(N[C@H]2CCC[C@H](c3ncccn3)C2)nc1. The molecule has 0 radical (unpaired) electrons. The number of nitrogens with zero attached hydrogens (tertiary/aromatic N) is 4. The molecule has 23 heavy (non-hydrogen) atoms. The second kappa shape index (κ2) is 7.26. The molecule has 2 aromatic rings. The molecule has 0 unspecified atom stereocenters. The highest BCUT2D eigenvalue weighted by Crippen LogP contribution is 2.31. The van der Waals surface area contributed by atoms with Crippen molar-refractivity contribution in [2.24, 2.45) is 0 Å². The topological polar surface area (TPSA) is 72.8 Å². The molecule has 1 saturated carbocycles. The van der Waals surface area contributed by atoms with E-state index in [-0.39, 0.29) is 11.8 Å². The van der Waals surface area contributed by atoms with Gasteiger partial charge in [-0.1, -0.05) is 6.42 Å². The van der Waals surface area contributed by atoms with Crippen LogP contribution in [-0.2, 0) is 0 Å². The average molecular weight is 321 g/mol. The molecule has 0 aliphatic heterocycles. The van der Waals surface area contributed by atoms with Gasteiger partial charge in [0.1, 0.15) is 5.82 Å². The number of aromatic nitrogens is 4. The lowest BCUT2D eigenvalue weighted by molar-refractivity contribution is -0.0503. The monoisotopic (exact) mass is 321 g/mol. The predicted molar refractivity (Wildman–Crippen MR) is 79.3 cm³/mol. The van der Waals surface area contributed by atoms with E-state index in [9.17, 15) is 8.78 Å². The van der Waals surface area contributed by atoms with Gasteiger partial charge in [0.2, 0.25) is 5.95 Å². The number of alkyl halides is 2. The molecule has 2 aromatic heterocycles. The number of halogens is 2. The Labute approximate surface area is 132 Å². The van der Waals surface area contributed by atoms with Crippen LogP contribution in [0, 0.1) is 0 Å².